The van der Waals surface area contributed by atoms with Crippen LogP contribution in [0.5, 0.6) is 0 Å². The Morgan fingerprint density at radius 3 is 2.81 bits per heavy atom. The molecule has 0 saturated heterocycles. The Labute approximate surface area is 137 Å². The van der Waals surface area contributed by atoms with Crippen LogP contribution in [0, 0.1) is 24.7 Å². The second kappa shape index (κ2) is 6.13. The van der Waals surface area contributed by atoms with Crippen LogP contribution in [0.4, 0.5) is 5.69 Å². The number of nitrogens with one attached hydrogen (secondary N) is 2. The minimum atomic E-state index is 0.444. The zero-order valence-electron chi connectivity index (χ0n) is 12.7. The van der Waals surface area contributed by atoms with Crippen molar-refractivity contribution >= 4 is 34.6 Å². The third kappa shape index (κ3) is 3.19. The maximum absolute atomic E-state index is 6.15. The normalized spacial score (nSPS) is 28.4. The van der Waals surface area contributed by atoms with E-state index in [0.717, 1.165) is 34.0 Å². The van der Waals surface area contributed by atoms with Gasteiger partial charge in [-0.25, -0.2) is 0 Å². The van der Waals surface area contributed by atoms with Crippen molar-refractivity contribution in [2.45, 2.75) is 45.6 Å². The lowest BCUT2D eigenvalue weighted by Crippen LogP contribution is -2.42. The van der Waals surface area contributed by atoms with Gasteiger partial charge in [0.25, 0.3) is 0 Å². The zero-order valence-corrected chi connectivity index (χ0v) is 14.2. The summed E-state index contributed by atoms with van der Waals surface area (Å²) in [6.45, 7) is 4.27. The summed E-state index contributed by atoms with van der Waals surface area (Å²) in [7, 11) is 0. The fraction of sp³-hybridized carbons (Fsp3) is 0.588. The van der Waals surface area contributed by atoms with Gasteiger partial charge in [0.2, 0.25) is 0 Å². The lowest BCUT2D eigenvalue weighted by Gasteiger charge is -2.29. The van der Waals surface area contributed by atoms with Gasteiger partial charge in [0.15, 0.2) is 5.11 Å². The van der Waals surface area contributed by atoms with Gasteiger partial charge >= 0.3 is 0 Å². The van der Waals surface area contributed by atoms with E-state index in [2.05, 4.69) is 17.6 Å². The minimum Gasteiger partial charge on any atom is -0.360 e. The maximum atomic E-state index is 6.15. The SMILES string of the molecule is Cc1c(Cl)cccc1NC(=S)NC(C)C1CC2CCC1C2. The molecule has 3 rings (SSSR count). The molecule has 2 fully saturated rings. The summed E-state index contributed by atoms with van der Waals surface area (Å²) in [6.07, 6.45) is 5.66. The van der Waals surface area contributed by atoms with E-state index < -0.39 is 0 Å². The first-order valence-corrected chi connectivity index (χ1v) is 8.66. The third-order valence-corrected chi connectivity index (χ3v) is 5.94. The van der Waals surface area contributed by atoms with E-state index in [1.165, 1.54) is 25.7 Å². The van der Waals surface area contributed by atoms with Crippen LogP contribution in [0.1, 0.15) is 38.2 Å². The number of fused-ring (bicyclic) bond motifs is 2. The fourth-order valence-corrected chi connectivity index (χ4v) is 4.59. The highest BCUT2D eigenvalue weighted by atomic mass is 35.5. The van der Waals surface area contributed by atoms with E-state index in [4.69, 9.17) is 23.8 Å². The number of hydrogen-bond acceptors (Lipinski definition) is 1. The van der Waals surface area contributed by atoms with Crippen molar-refractivity contribution in [3.8, 4) is 0 Å². The molecular weight excluding hydrogens is 300 g/mol. The first-order valence-electron chi connectivity index (χ1n) is 7.87. The second-order valence-electron chi connectivity index (χ2n) is 6.64. The van der Waals surface area contributed by atoms with Gasteiger partial charge in [0, 0.05) is 16.8 Å². The molecule has 0 aromatic heterocycles. The number of benzene rings is 1. The summed E-state index contributed by atoms with van der Waals surface area (Å²) in [5.74, 6) is 2.66. The van der Waals surface area contributed by atoms with Crippen LogP contribution in [0.3, 0.4) is 0 Å². The van der Waals surface area contributed by atoms with E-state index in [9.17, 15) is 0 Å². The van der Waals surface area contributed by atoms with Crippen molar-refractivity contribution in [2.75, 3.05) is 5.32 Å². The molecule has 2 nitrogen and oxygen atoms in total. The number of hydrogen-bond donors (Lipinski definition) is 2. The molecule has 1 aromatic rings. The Bertz CT molecular complexity index is 546. The molecule has 4 atom stereocenters. The molecule has 0 aliphatic heterocycles. The number of rotatable bonds is 3. The van der Waals surface area contributed by atoms with Crippen LogP contribution in [-0.4, -0.2) is 11.2 Å². The van der Waals surface area contributed by atoms with Crippen molar-refractivity contribution in [3.63, 3.8) is 0 Å². The molecule has 21 heavy (non-hydrogen) atoms. The number of anilines is 1. The second-order valence-corrected chi connectivity index (χ2v) is 7.45. The van der Waals surface area contributed by atoms with Crippen molar-refractivity contribution in [3.05, 3.63) is 28.8 Å². The molecule has 114 valence electrons. The Kier molecular flexibility index (Phi) is 4.41. The summed E-state index contributed by atoms with van der Waals surface area (Å²) in [4.78, 5) is 0. The molecule has 4 heteroatoms. The van der Waals surface area contributed by atoms with Crippen molar-refractivity contribution in [2.24, 2.45) is 17.8 Å². The fourth-order valence-electron chi connectivity index (χ4n) is 4.12. The molecule has 1 aromatic carbocycles. The van der Waals surface area contributed by atoms with Gasteiger partial charge < -0.3 is 10.6 Å². The first-order chi connectivity index (χ1) is 10.0. The lowest BCUT2D eigenvalue weighted by atomic mass is 9.84. The van der Waals surface area contributed by atoms with Gasteiger partial charge in [-0.15, -0.1) is 0 Å². The average molecular weight is 323 g/mol. The largest absolute Gasteiger partial charge is 0.360 e. The molecular formula is C17H23ClN2S. The van der Waals surface area contributed by atoms with Crippen LogP contribution in [0.15, 0.2) is 18.2 Å². The van der Waals surface area contributed by atoms with E-state index >= 15 is 0 Å². The predicted molar refractivity (Wildman–Crippen MR) is 93.9 cm³/mol. The van der Waals surface area contributed by atoms with Crippen LogP contribution in [0.2, 0.25) is 5.02 Å². The van der Waals surface area contributed by atoms with Gasteiger partial charge in [0.1, 0.15) is 0 Å². The molecule has 4 unspecified atom stereocenters. The standard InChI is InChI=1S/C17H23ClN2S/c1-10-15(18)4-3-5-16(10)20-17(21)19-11(2)14-9-12-6-7-13(14)8-12/h3-5,11-14H,6-9H2,1-2H3,(H2,19,20,21). The summed E-state index contributed by atoms with van der Waals surface area (Å²) in [6, 6.07) is 6.30. The highest BCUT2D eigenvalue weighted by Gasteiger charge is 2.41. The quantitative estimate of drug-likeness (QED) is 0.785. The van der Waals surface area contributed by atoms with E-state index in [1.807, 2.05) is 25.1 Å². The van der Waals surface area contributed by atoms with Crippen LogP contribution in [-0.2, 0) is 0 Å². The predicted octanol–water partition coefficient (Wildman–Crippen LogP) is 4.76. The maximum Gasteiger partial charge on any atom is 0.171 e. The molecule has 2 N–H and O–H groups in total. The Morgan fingerprint density at radius 1 is 1.33 bits per heavy atom. The van der Waals surface area contributed by atoms with E-state index in [1.54, 1.807) is 0 Å². The number of thiocarbonyl (C=S) groups is 1. The molecule has 0 heterocycles. The van der Waals surface area contributed by atoms with Gasteiger partial charge in [-0.3, -0.25) is 0 Å². The number of halogens is 1. The van der Waals surface area contributed by atoms with Crippen LogP contribution >= 0.6 is 23.8 Å². The summed E-state index contributed by atoms with van der Waals surface area (Å²) in [5, 5.41) is 8.24. The van der Waals surface area contributed by atoms with Gasteiger partial charge in [0.05, 0.1) is 0 Å². The van der Waals surface area contributed by atoms with Crippen molar-refractivity contribution in [1.82, 2.24) is 5.32 Å². The molecule has 2 aliphatic carbocycles. The van der Waals surface area contributed by atoms with Crippen molar-refractivity contribution in [1.29, 1.82) is 0 Å². The summed E-state index contributed by atoms with van der Waals surface area (Å²) in [5.41, 5.74) is 2.02. The monoisotopic (exact) mass is 322 g/mol. The summed E-state index contributed by atoms with van der Waals surface area (Å²) < 4.78 is 0. The Balaban J connectivity index is 1.58. The van der Waals surface area contributed by atoms with E-state index in [0.29, 0.717) is 11.2 Å². The van der Waals surface area contributed by atoms with Crippen LogP contribution in [0.25, 0.3) is 0 Å². The molecule has 0 radical (unpaired) electrons. The summed E-state index contributed by atoms with van der Waals surface area (Å²) >= 11 is 11.6. The van der Waals surface area contributed by atoms with Gasteiger partial charge in [-0.1, -0.05) is 24.1 Å². The molecule has 2 bridgehead atoms. The smallest absolute Gasteiger partial charge is 0.171 e. The molecule has 0 amide bonds. The molecule has 2 aliphatic rings. The lowest BCUT2D eigenvalue weighted by molar-refractivity contribution is 0.279. The molecule has 2 saturated carbocycles. The van der Waals surface area contributed by atoms with Gasteiger partial charge in [-0.2, -0.15) is 0 Å². The Morgan fingerprint density at radius 2 is 2.14 bits per heavy atom. The minimum absolute atomic E-state index is 0.444. The highest BCUT2D eigenvalue weighted by Crippen LogP contribution is 2.49. The van der Waals surface area contributed by atoms with Crippen molar-refractivity contribution < 1.29 is 0 Å². The third-order valence-electron chi connectivity index (χ3n) is 5.31. The Hall–Kier alpha value is -0.800. The zero-order chi connectivity index (χ0) is 15.0. The van der Waals surface area contributed by atoms with Gasteiger partial charge in [-0.05, 0) is 80.8 Å². The highest BCUT2D eigenvalue weighted by molar-refractivity contribution is 7.80. The first kappa shape index (κ1) is 15.1. The average Bonchev–Trinajstić information content (AvgIpc) is 3.06. The van der Waals surface area contributed by atoms with E-state index in [-0.39, 0.29) is 0 Å². The van der Waals surface area contributed by atoms with Crippen LogP contribution < -0.4 is 10.6 Å². The topological polar surface area (TPSA) is 24.1 Å². The molecule has 0 spiro atoms.